The van der Waals surface area contributed by atoms with Gasteiger partial charge in [0.05, 0.1) is 13.2 Å². The molecule has 0 spiro atoms. The van der Waals surface area contributed by atoms with Crippen molar-refractivity contribution in [2.75, 3.05) is 51.3 Å². The number of carbonyl (C=O) groups is 2. The van der Waals surface area contributed by atoms with Gasteiger partial charge in [-0.15, -0.1) is 0 Å². The zero-order valence-electron chi connectivity index (χ0n) is 20.4. The summed E-state index contributed by atoms with van der Waals surface area (Å²) in [6.45, 7) is 6.14. The van der Waals surface area contributed by atoms with E-state index in [1.807, 2.05) is 23.1 Å². The molecule has 6 nitrogen and oxygen atoms in total. The number of anilines is 1. The van der Waals surface area contributed by atoms with Gasteiger partial charge in [-0.1, -0.05) is 6.07 Å². The van der Waals surface area contributed by atoms with Crippen molar-refractivity contribution in [3.8, 4) is 0 Å². The number of nitrogens with zero attached hydrogens (tertiary/aromatic N) is 2. The quantitative estimate of drug-likeness (QED) is 0.662. The third kappa shape index (κ3) is 4.51. The molecule has 6 aliphatic rings. The van der Waals surface area contributed by atoms with Crippen molar-refractivity contribution in [1.29, 1.82) is 0 Å². The first-order chi connectivity index (χ1) is 16.6. The molecule has 2 aliphatic heterocycles. The molecule has 34 heavy (non-hydrogen) atoms. The number of rotatable bonds is 7. The minimum atomic E-state index is 0.111. The van der Waals surface area contributed by atoms with Crippen LogP contribution in [0.3, 0.4) is 0 Å². The Morgan fingerprint density at radius 2 is 1.71 bits per heavy atom. The average molecular weight is 466 g/mol. The summed E-state index contributed by atoms with van der Waals surface area (Å²) in [7, 11) is 0. The zero-order chi connectivity index (χ0) is 23.1. The molecule has 7 rings (SSSR count). The SMILES string of the molecule is O=C(CC12CC3CC(CC(C3)C1)C2)Nc1cccc2c1CCN(CCCN1CCOCC1)C2=O. The summed E-state index contributed by atoms with van der Waals surface area (Å²) in [4.78, 5) is 30.8. The molecule has 1 N–H and O–H groups in total. The van der Waals surface area contributed by atoms with Crippen LogP contribution in [0.4, 0.5) is 5.69 Å². The minimum absolute atomic E-state index is 0.111. The van der Waals surface area contributed by atoms with Crippen LogP contribution >= 0.6 is 0 Å². The van der Waals surface area contributed by atoms with E-state index < -0.39 is 0 Å². The second kappa shape index (κ2) is 9.27. The largest absolute Gasteiger partial charge is 0.379 e. The third-order valence-corrected chi connectivity index (χ3v) is 9.31. The standard InChI is InChI=1S/C28H39N3O3/c32-26(19-28-16-20-13-21(17-28)15-22(14-20)18-28)29-25-4-1-3-24-23(25)5-8-31(27(24)33)7-2-6-30-9-11-34-12-10-30/h1,3-4,20-22H,2,5-19H2,(H,29,32). The number of fused-ring (bicyclic) bond motifs is 1. The van der Waals surface area contributed by atoms with E-state index in [9.17, 15) is 9.59 Å². The smallest absolute Gasteiger partial charge is 0.254 e. The van der Waals surface area contributed by atoms with E-state index in [2.05, 4.69) is 10.2 Å². The fourth-order valence-corrected chi connectivity index (χ4v) is 8.26. The highest BCUT2D eigenvalue weighted by Gasteiger charge is 2.51. The van der Waals surface area contributed by atoms with Crippen molar-refractivity contribution in [2.45, 2.75) is 57.8 Å². The van der Waals surface area contributed by atoms with Gasteiger partial charge in [0.25, 0.3) is 5.91 Å². The van der Waals surface area contributed by atoms with Crippen LogP contribution in [0.5, 0.6) is 0 Å². The molecule has 6 heteroatoms. The van der Waals surface area contributed by atoms with Crippen molar-refractivity contribution < 1.29 is 14.3 Å². The van der Waals surface area contributed by atoms with Gasteiger partial charge in [0.15, 0.2) is 0 Å². The molecule has 5 fully saturated rings. The van der Waals surface area contributed by atoms with Crippen LogP contribution in [0, 0.1) is 23.2 Å². The summed E-state index contributed by atoms with van der Waals surface area (Å²) in [5, 5.41) is 3.24. The lowest BCUT2D eigenvalue weighted by molar-refractivity contribution is -0.124. The van der Waals surface area contributed by atoms with Crippen LogP contribution in [0.1, 0.15) is 67.3 Å². The Balaban J connectivity index is 1.07. The molecule has 0 unspecified atom stereocenters. The fourth-order valence-electron chi connectivity index (χ4n) is 8.26. The van der Waals surface area contributed by atoms with Gasteiger partial charge in [-0.05, 0) is 92.2 Å². The van der Waals surface area contributed by atoms with Crippen LogP contribution in [-0.2, 0) is 16.0 Å². The molecule has 2 amide bonds. The number of ether oxygens (including phenoxy) is 1. The van der Waals surface area contributed by atoms with Gasteiger partial charge >= 0.3 is 0 Å². The highest BCUT2D eigenvalue weighted by atomic mass is 16.5. The first-order valence-electron chi connectivity index (χ1n) is 13.6. The van der Waals surface area contributed by atoms with Gasteiger partial charge in [-0.2, -0.15) is 0 Å². The Labute approximate surface area is 203 Å². The lowest BCUT2D eigenvalue weighted by atomic mass is 9.49. The Hall–Kier alpha value is -1.92. The lowest BCUT2D eigenvalue weighted by Gasteiger charge is -2.56. The fraction of sp³-hybridized carbons (Fsp3) is 0.714. The van der Waals surface area contributed by atoms with Gasteiger partial charge in [0.2, 0.25) is 5.91 Å². The normalized spacial score (nSPS) is 32.6. The number of hydrogen-bond acceptors (Lipinski definition) is 4. The van der Waals surface area contributed by atoms with E-state index in [0.29, 0.717) is 6.42 Å². The molecule has 1 aromatic carbocycles. The van der Waals surface area contributed by atoms with E-state index in [0.717, 1.165) is 93.3 Å². The van der Waals surface area contributed by atoms with Gasteiger partial charge in [0.1, 0.15) is 0 Å². The van der Waals surface area contributed by atoms with Crippen molar-refractivity contribution in [2.24, 2.45) is 23.2 Å². The van der Waals surface area contributed by atoms with Crippen LogP contribution in [0.15, 0.2) is 18.2 Å². The maximum atomic E-state index is 13.2. The average Bonchev–Trinajstić information content (AvgIpc) is 2.80. The summed E-state index contributed by atoms with van der Waals surface area (Å²) in [5.41, 5.74) is 2.88. The van der Waals surface area contributed by atoms with Crippen LogP contribution < -0.4 is 5.32 Å². The predicted octanol–water partition coefficient (Wildman–Crippen LogP) is 3.95. The Morgan fingerprint density at radius 3 is 2.41 bits per heavy atom. The molecule has 4 aliphatic carbocycles. The number of amides is 2. The van der Waals surface area contributed by atoms with E-state index in [4.69, 9.17) is 4.74 Å². The predicted molar refractivity (Wildman–Crippen MR) is 132 cm³/mol. The first kappa shape index (κ1) is 22.5. The second-order valence-corrected chi connectivity index (χ2v) is 11.8. The molecular formula is C28H39N3O3. The maximum Gasteiger partial charge on any atom is 0.254 e. The molecular weight excluding hydrogens is 426 g/mol. The summed E-state index contributed by atoms with van der Waals surface area (Å²) in [5.74, 6) is 2.83. The lowest BCUT2D eigenvalue weighted by Crippen LogP contribution is -2.47. The maximum absolute atomic E-state index is 13.2. The Bertz CT molecular complexity index is 904. The molecule has 4 bridgehead atoms. The topological polar surface area (TPSA) is 61.9 Å². The molecule has 1 saturated heterocycles. The first-order valence-corrected chi connectivity index (χ1v) is 13.6. The van der Waals surface area contributed by atoms with Gasteiger partial charge in [-0.25, -0.2) is 0 Å². The molecule has 184 valence electrons. The summed E-state index contributed by atoms with van der Waals surface area (Å²) in [6.07, 6.45) is 10.4. The summed E-state index contributed by atoms with van der Waals surface area (Å²) < 4.78 is 5.42. The van der Waals surface area contributed by atoms with Crippen molar-refractivity contribution in [3.63, 3.8) is 0 Å². The molecule has 2 heterocycles. The van der Waals surface area contributed by atoms with Gasteiger partial charge in [-0.3, -0.25) is 14.5 Å². The molecule has 0 aromatic heterocycles. The Kier molecular flexibility index (Phi) is 6.14. The van der Waals surface area contributed by atoms with Crippen molar-refractivity contribution >= 4 is 17.5 Å². The van der Waals surface area contributed by atoms with Crippen molar-refractivity contribution in [1.82, 2.24) is 9.80 Å². The van der Waals surface area contributed by atoms with Gasteiger partial charge in [0, 0.05) is 50.4 Å². The number of morpholine rings is 1. The number of benzene rings is 1. The second-order valence-electron chi connectivity index (χ2n) is 11.8. The number of carbonyl (C=O) groups excluding carboxylic acids is 2. The summed E-state index contributed by atoms with van der Waals surface area (Å²) >= 11 is 0. The number of nitrogens with one attached hydrogen (secondary N) is 1. The van der Waals surface area contributed by atoms with Crippen LogP contribution in [0.2, 0.25) is 0 Å². The molecule has 0 radical (unpaired) electrons. The van der Waals surface area contributed by atoms with E-state index in [-0.39, 0.29) is 17.2 Å². The summed E-state index contributed by atoms with van der Waals surface area (Å²) in [6, 6.07) is 5.84. The Morgan fingerprint density at radius 1 is 1.00 bits per heavy atom. The molecule has 1 aromatic rings. The highest BCUT2D eigenvalue weighted by molar-refractivity contribution is 6.00. The molecule has 0 atom stereocenters. The number of hydrogen-bond donors (Lipinski definition) is 1. The monoisotopic (exact) mass is 465 g/mol. The minimum Gasteiger partial charge on any atom is -0.379 e. The van der Waals surface area contributed by atoms with E-state index in [1.165, 1.54) is 38.5 Å². The third-order valence-electron chi connectivity index (χ3n) is 9.31. The van der Waals surface area contributed by atoms with E-state index in [1.54, 1.807) is 0 Å². The highest BCUT2D eigenvalue weighted by Crippen LogP contribution is 2.61. The zero-order valence-corrected chi connectivity index (χ0v) is 20.4. The van der Waals surface area contributed by atoms with Crippen molar-refractivity contribution in [3.05, 3.63) is 29.3 Å². The van der Waals surface area contributed by atoms with E-state index >= 15 is 0 Å². The molecule has 4 saturated carbocycles. The van der Waals surface area contributed by atoms with Crippen LogP contribution in [-0.4, -0.2) is 67.6 Å². The van der Waals surface area contributed by atoms with Crippen LogP contribution in [0.25, 0.3) is 0 Å². The van der Waals surface area contributed by atoms with Gasteiger partial charge < -0.3 is 15.0 Å².